The predicted molar refractivity (Wildman–Crippen MR) is 76.4 cm³/mol. The molecule has 1 aliphatic carbocycles. The third-order valence-electron chi connectivity index (χ3n) is 3.62. The molecule has 6 nitrogen and oxygen atoms in total. The summed E-state index contributed by atoms with van der Waals surface area (Å²) in [5.41, 5.74) is 0.936. The van der Waals surface area contributed by atoms with E-state index in [1.807, 2.05) is 0 Å². The summed E-state index contributed by atoms with van der Waals surface area (Å²) >= 11 is 3.31. The van der Waals surface area contributed by atoms with Gasteiger partial charge >= 0.3 is 0 Å². The average Bonchev–Trinajstić information content (AvgIpc) is 2.84. The van der Waals surface area contributed by atoms with E-state index in [1.54, 1.807) is 16.9 Å². The first-order valence-electron chi connectivity index (χ1n) is 6.63. The lowest BCUT2D eigenvalue weighted by Crippen LogP contribution is -2.45. The zero-order chi connectivity index (χ0) is 14.1. The normalized spacial score (nSPS) is 22.9. The van der Waals surface area contributed by atoms with Crippen LogP contribution >= 0.6 is 15.9 Å². The number of amides is 1. The van der Waals surface area contributed by atoms with Crippen LogP contribution in [0.1, 0.15) is 36.0 Å². The Bertz CT molecular complexity index is 642. The molecule has 0 radical (unpaired) electrons. The fourth-order valence-electron chi connectivity index (χ4n) is 2.54. The average molecular weight is 339 g/mol. The molecule has 0 spiro atoms. The van der Waals surface area contributed by atoms with Crippen LogP contribution in [0.5, 0.6) is 0 Å². The Morgan fingerprint density at radius 3 is 3.00 bits per heavy atom. The van der Waals surface area contributed by atoms with Gasteiger partial charge in [-0.25, -0.2) is 9.50 Å². The second kappa shape index (κ2) is 5.49. The number of carbonyl (C=O) groups excluding carboxylic acids is 1. The summed E-state index contributed by atoms with van der Waals surface area (Å²) in [5, 5.41) is 16.9. The van der Waals surface area contributed by atoms with Crippen molar-refractivity contribution >= 4 is 27.5 Å². The minimum Gasteiger partial charge on any atom is -0.391 e. The Hall–Kier alpha value is -1.47. The topological polar surface area (TPSA) is 79.5 Å². The predicted octanol–water partition coefficient (Wildman–Crippen LogP) is 1.53. The van der Waals surface area contributed by atoms with Crippen molar-refractivity contribution < 1.29 is 9.90 Å². The molecule has 20 heavy (non-hydrogen) atoms. The van der Waals surface area contributed by atoms with Crippen LogP contribution in [0.3, 0.4) is 0 Å². The van der Waals surface area contributed by atoms with Gasteiger partial charge in [0.15, 0.2) is 5.65 Å². The van der Waals surface area contributed by atoms with Crippen LogP contribution in [0.2, 0.25) is 0 Å². The minimum absolute atomic E-state index is 0.179. The van der Waals surface area contributed by atoms with Gasteiger partial charge in [0.2, 0.25) is 0 Å². The summed E-state index contributed by atoms with van der Waals surface area (Å²) in [6, 6.07) is -0.179. The van der Waals surface area contributed by atoms with E-state index in [9.17, 15) is 9.90 Å². The second-order valence-electron chi connectivity index (χ2n) is 5.03. The number of aliphatic hydroxyl groups is 1. The van der Waals surface area contributed by atoms with Crippen LogP contribution in [-0.4, -0.2) is 37.8 Å². The van der Waals surface area contributed by atoms with E-state index in [-0.39, 0.29) is 11.9 Å². The highest BCUT2D eigenvalue weighted by atomic mass is 79.9. The number of aromatic nitrogens is 3. The molecule has 0 saturated heterocycles. The zero-order valence-electron chi connectivity index (χ0n) is 10.8. The third-order valence-corrected chi connectivity index (χ3v) is 4.03. The zero-order valence-corrected chi connectivity index (χ0v) is 12.4. The summed E-state index contributed by atoms with van der Waals surface area (Å²) in [5.74, 6) is -0.235. The molecule has 2 unspecified atom stereocenters. The smallest absolute Gasteiger partial charge is 0.257 e. The number of hydrogen-bond acceptors (Lipinski definition) is 4. The van der Waals surface area contributed by atoms with Gasteiger partial charge in [0.05, 0.1) is 22.8 Å². The molecule has 1 saturated carbocycles. The largest absolute Gasteiger partial charge is 0.391 e. The molecule has 2 aromatic heterocycles. The standard InChI is InChI=1S/C13H15BrN4O2/c14-8-5-15-12-9(6-16-18(12)7-8)13(20)17-10-3-1-2-4-11(10)19/h5-7,10-11,19H,1-4H2,(H,17,20). The van der Waals surface area contributed by atoms with Gasteiger partial charge in [-0.05, 0) is 28.8 Å². The van der Waals surface area contributed by atoms with Gasteiger partial charge in [0.25, 0.3) is 5.91 Å². The second-order valence-corrected chi connectivity index (χ2v) is 5.95. The summed E-state index contributed by atoms with van der Waals surface area (Å²) in [7, 11) is 0. The Morgan fingerprint density at radius 2 is 2.20 bits per heavy atom. The van der Waals surface area contributed by atoms with Crippen molar-refractivity contribution in [2.45, 2.75) is 37.8 Å². The Labute approximate surface area is 124 Å². The monoisotopic (exact) mass is 338 g/mol. The highest BCUT2D eigenvalue weighted by molar-refractivity contribution is 9.10. The molecule has 106 valence electrons. The molecular weight excluding hydrogens is 324 g/mol. The maximum Gasteiger partial charge on any atom is 0.257 e. The first-order chi connectivity index (χ1) is 9.65. The van der Waals surface area contributed by atoms with E-state index in [2.05, 4.69) is 31.3 Å². The molecule has 1 amide bonds. The van der Waals surface area contributed by atoms with Gasteiger partial charge in [0, 0.05) is 12.4 Å². The molecule has 3 rings (SSSR count). The SMILES string of the molecule is O=C(NC1CCCCC1O)c1cnn2cc(Br)cnc12. The van der Waals surface area contributed by atoms with Crippen molar-refractivity contribution in [2.75, 3.05) is 0 Å². The van der Waals surface area contributed by atoms with Gasteiger partial charge in [-0.3, -0.25) is 4.79 Å². The van der Waals surface area contributed by atoms with Crippen molar-refractivity contribution in [2.24, 2.45) is 0 Å². The van der Waals surface area contributed by atoms with Gasteiger partial charge in [-0.1, -0.05) is 12.8 Å². The number of aliphatic hydroxyl groups excluding tert-OH is 1. The van der Waals surface area contributed by atoms with Crippen LogP contribution < -0.4 is 5.32 Å². The molecule has 0 bridgehead atoms. The van der Waals surface area contributed by atoms with Gasteiger partial charge < -0.3 is 10.4 Å². The molecule has 2 aromatic rings. The lowest BCUT2D eigenvalue weighted by molar-refractivity contribution is 0.0718. The first-order valence-corrected chi connectivity index (χ1v) is 7.42. The highest BCUT2D eigenvalue weighted by Gasteiger charge is 2.26. The molecule has 0 aromatic carbocycles. The van der Waals surface area contributed by atoms with Gasteiger partial charge in [-0.15, -0.1) is 0 Å². The third kappa shape index (κ3) is 2.55. The van der Waals surface area contributed by atoms with Crippen molar-refractivity contribution in [1.82, 2.24) is 19.9 Å². The number of rotatable bonds is 2. The lowest BCUT2D eigenvalue weighted by atomic mass is 9.92. The molecule has 1 aliphatic rings. The van der Waals surface area contributed by atoms with Crippen molar-refractivity contribution in [3.05, 3.63) is 28.6 Å². The number of fused-ring (bicyclic) bond motifs is 1. The minimum atomic E-state index is -0.461. The summed E-state index contributed by atoms with van der Waals surface area (Å²) in [6.07, 6.45) is 8.01. The number of halogens is 1. The van der Waals surface area contributed by atoms with Crippen LogP contribution in [-0.2, 0) is 0 Å². The molecule has 2 atom stereocenters. The molecule has 1 fully saturated rings. The molecule has 2 N–H and O–H groups in total. The summed E-state index contributed by atoms with van der Waals surface area (Å²) in [4.78, 5) is 16.5. The van der Waals surface area contributed by atoms with Crippen molar-refractivity contribution in [1.29, 1.82) is 0 Å². The van der Waals surface area contributed by atoms with E-state index in [4.69, 9.17) is 0 Å². The van der Waals surface area contributed by atoms with Gasteiger partial charge in [0.1, 0.15) is 5.56 Å². The number of nitrogens with one attached hydrogen (secondary N) is 1. The van der Waals surface area contributed by atoms with E-state index < -0.39 is 6.10 Å². The van der Waals surface area contributed by atoms with Crippen LogP contribution in [0.25, 0.3) is 5.65 Å². The molecule has 2 heterocycles. The van der Waals surface area contributed by atoms with E-state index in [0.717, 1.165) is 30.2 Å². The fraction of sp³-hybridized carbons (Fsp3) is 0.462. The lowest BCUT2D eigenvalue weighted by Gasteiger charge is -2.28. The quantitative estimate of drug-likeness (QED) is 0.870. The number of hydrogen-bond donors (Lipinski definition) is 2. The Balaban J connectivity index is 1.82. The van der Waals surface area contributed by atoms with E-state index >= 15 is 0 Å². The van der Waals surface area contributed by atoms with Crippen LogP contribution in [0.15, 0.2) is 23.1 Å². The Morgan fingerprint density at radius 1 is 1.40 bits per heavy atom. The summed E-state index contributed by atoms with van der Waals surface area (Å²) < 4.78 is 2.35. The van der Waals surface area contributed by atoms with Gasteiger partial charge in [-0.2, -0.15) is 5.10 Å². The van der Waals surface area contributed by atoms with Crippen LogP contribution in [0, 0.1) is 0 Å². The Kier molecular flexibility index (Phi) is 3.71. The number of nitrogens with zero attached hydrogens (tertiary/aromatic N) is 3. The molecular formula is C13H15BrN4O2. The summed E-state index contributed by atoms with van der Waals surface area (Å²) in [6.45, 7) is 0. The molecule has 7 heteroatoms. The maximum atomic E-state index is 12.3. The highest BCUT2D eigenvalue weighted by Crippen LogP contribution is 2.19. The van der Waals surface area contributed by atoms with Crippen LogP contribution in [0.4, 0.5) is 0 Å². The first kappa shape index (κ1) is 13.5. The maximum absolute atomic E-state index is 12.3. The van der Waals surface area contributed by atoms with Crippen molar-refractivity contribution in [3.8, 4) is 0 Å². The molecule has 0 aliphatic heterocycles. The number of carbonyl (C=O) groups is 1. The van der Waals surface area contributed by atoms with Crippen molar-refractivity contribution in [3.63, 3.8) is 0 Å². The fourth-order valence-corrected chi connectivity index (χ4v) is 2.83. The van der Waals surface area contributed by atoms with E-state index in [1.165, 1.54) is 6.20 Å². The van der Waals surface area contributed by atoms with E-state index in [0.29, 0.717) is 11.2 Å².